The predicted octanol–water partition coefficient (Wildman–Crippen LogP) is 1.87. The van der Waals surface area contributed by atoms with Crippen molar-refractivity contribution in [3.8, 4) is 0 Å². The van der Waals surface area contributed by atoms with E-state index in [1.807, 2.05) is 6.92 Å². The number of aromatic nitrogens is 2. The smallest absolute Gasteiger partial charge is 0.230 e. The summed E-state index contributed by atoms with van der Waals surface area (Å²) in [6.45, 7) is 1.93. The number of anilines is 1. The zero-order valence-electron chi connectivity index (χ0n) is 7.25. The Bertz CT molecular complexity index is 303. The molecule has 0 aromatic carbocycles. The summed E-state index contributed by atoms with van der Waals surface area (Å²) in [7, 11) is 0. The standard InChI is InChI=1S/C8H10ClN3O/c1-2-3-7(13)12-8-10-5-4-6(9)11-8/h4-5H,2-3H2,1H3,(H,10,11,12,13). The molecule has 13 heavy (non-hydrogen) atoms. The van der Waals surface area contributed by atoms with Gasteiger partial charge in [0.1, 0.15) is 5.15 Å². The van der Waals surface area contributed by atoms with E-state index in [0.29, 0.717) is 11.6 Å². The van der Waals surface area contributed by atoms with Crippen molar-refractivity contribution < 1.29 is 4.79 Å². The Balaban J connectivity index is 2.58. The number of nitrogens with zero attached hydrogens (tertiary/aromatic N) is 2. The van der Waals surface area contributed by atoms with Gasteiger partial charge in [-0.2, -0.15) is 0 Å². The van der Waals surface area contributed by atoms with Crippen LogP contribution in [0.4, 0.5) is 5.95 Å². The van der Waals surface area contributed by atoms with Gasteiger partial charge in [0.15, 0.2) is 0 Å². The summed E-state index contributed by atoms with van der Waals surface area (Å²) >= 11 is 5.60. The minimum atomic E-state index is -0.0928. The molecule has 0 fully saturated rings. The Morgan fingerprint density at radius 1 is 1.69 bits per heavy atom. The first-order valence-corrected chi connectivity index (χ1v) is 4.38. The zero-order chi connectivity index (χ0) is 9.68. The van der Waals surface area contributed by atoms with E-state index < -0.39 is 0 Å². The van der Waals surface area contributed by atoms with E-state index in [1.165, 1.54) is 6.20 Å². The van der Waals surface area contributed by atoms with Gasteiger partial charge >= 0.3 is 0 Å². The first-order chi connectivity index (χ1) is 6.22. The van der Waals surface area contributed by atoms with E-state index in [1.54, 1.807) is 6.07 Å². The summed E-state index contributed by atoms with van der Waals surface area (Å²) in [4.78, 5) is 18.7. The van der Waals surface area contributed by atoms with Gasteiger partial charge in [-0.3, -0.25) is 10.1 Å². The highest BCUT2D eigenvalue weighted by Crippen LogP contribution is 2.05. The summed E-state index contributed by atoms with van der Waals surface area (Å²) in [6, 6.07) is 1.55. The average molecular weight is 200 g/mol. The lowest BCUT2D eigenvalue weighted by Gasteiger charge is -2.01. The molecular weight excluding hydrogens is 190 g/mol. The van der Waals surface area contributed by atoms with Crippen molar-refractivity contribution in [3.05, 3.63) is 17.4 Å². The van der Waals surface area contributed by atoms with Gasteiger partial charge < -0.3 is 0 Å². The van der Waals surface area contributed by atoms with E-state index in [4.69, 9.17) is 11.6 Å². The van der Waals surface area contributed by atoms with Crippen LogP contribution < -0.4 is 5.32 Å². The first kappa shape index (κ1) is 9.92. The summed E-state index contributed by atoms with van der Waals surface area (Å²) in [5.41, 5.74) is 0. The third kappa shape index (κ3) is 3.38. The van der Waals surface area contributed by atoms with Crippen molar-refractivity contribution in [3.63, 3.8) is 0 Å². The number of hydrogen-bond donors (Lipinski definition) is 1. The van der Waals surface area contributed by atoms with Crippen LogP contribution in [0.15, 0.2) is 12.3 Å². The monoisotopic (exact) mass is 199 g/mol. The first-order valence-electron chi connectivity index (χ1n) is 4.00. The van der Waals surface area contributed by atoms with Gasteiger partial charge in [0.25, 0.3) is 0 Å². The minimum absolute atomic E-state index is 0.0928. The van der Waals surface area contributed by atoms with Crippen molar-refractivity contribution in [2.75, 3.05) is 5.32 Å². The second kappa shape index (κ2) is 4.77. The summed E-state index contributed by atoms with van der Waals surface area (Å²) in [5, 5.41) is 2.86. The molecule has 1 aromatic heterocycles. The number of halogens is 1. The Morgan fingerprint density at radius 3 is 3.08 bits per heavy atom. The second-order valence-electron chi connectivity index (χ2n) is 2.50. The van der Waals surface area contributed by atoms with E-state index in [-0.39, 0.29) is 11.9 Å². The maximum absolute atomic E-state index is 11.1. The molecule has 0 atom stereocenters. The lowest BCUT2D eigenvalue weighted by atomic mass is 10.3. The summed E-state index contributed by atoms with van der Waals surface area (Å²) in [6.07, 6.45) is 2.76. The van der Waals surface area contributed by atoms with Crippen molar-refractivity contribution in [2.45, 2.75) is 19.8 Å². The number of nitrogens with one attached hydrogen (secondary N) is 1. The van der Waals surface area contributed by atoms with Gasteiger partial charge in [0.05, 0.1) is 0 Å². The molecule has 0 saturated carbocycles. The molecule has 1 heterocycles. The van der Waals surface area contributed by atoms with Gasteiger partial charge in [-0.15, -0.1) is 0 Å². The molecule has 70 valence electrons. The molecule has 0 unspecified atom stereocenters. The van der Waals surface area contributed by atoms with E-state index in [0.717, 1.165) is 6.42 Å². The predicted molar refractivity (Wildman–Crippen MR) is 50.6 cm³/mol. The van der Waals surface area contributed by atoms with Crippen LogP contribution in [-0.4, -0.2) is 15.9 Å². The fourth-order valence-electron chi connectivity index (χ4n) is 0.811. The van der Waals surface area contributed by atoms with Gasteiger partial charge in [-0.05, 0) is 12.5 Å². The van der Waals surface area contributed by atoms with Crippen molar-refractivity contribution >= 4 is 23.5 Å². The molecule has 0 radical (unpaired) electrons. The highest BCUT2D eigenvalue weighted by Gasteiger charge is 2.02. The molecule has 0 aliphatic carbocycles. The molecular formula is C8H10ClN3O. The molecule has 1 rings (SSSR count). The molecule has 1 aromatic rings. The third-order valence-corrected chi connectivity index (χ3v) is 1.56. The maximum Gasteiger partial charge on any atom is 0.230 e. The van der Waals surface area contributed by atoms with Crippen LogP contribution in [0.25, 0.3) is 0 Å². The van der Waals surface area contributed by atoms with Gasteiger partial charge in [0.2, 0.25) is 11.9 Å². The molecule has 0 saturated heterocycles. The molecule has 1 amide bonds. The van der Waals surface area contributed by atoms with Crippen molar-refractivity contribution in [1.29, 1.82) is 0 Å². The fraction of sp³-hybridized carbons (Fsp3) is 0.375. The van der Waals surface area contributed by atoms with Crippen molar-refractivity contribution in [1.82, 2.24) is 9.97 Å². The minimum Gasteiger partial charge on any atom is -0.294 e. The Morgan fingerprint density at radius 2 is 2.46 bits per heavy atom. The number of hydrogen-bond acceptors (Lipinski definition) is 3. The number of amides is 1. The normalized spacial score (nSPS) is 9.69. The van der Waals surface area contributed by atoms with E-state index in [9.17, 15) is 4.79 Å². The zero-order valence-corrected chi connectivity index (χ0v) is 8.01. The highest BCUT2D eigenvalue weighted by molar-refractivity contribution is 6.29. The lowest BCUT2D eigenvalue weighted by Crippen LogP contribution is -2.12. The van der Waals surface area contributed by atoms with Crippen LogP contribution >= 0.6 is 11.6 Å². The SMILES string of the molecule is CCCC(=O)Nc1nccc(Cl)n1. The number of carbonyl (C=O) groups excluding carboxylic acids is 1. The number of carbonyl (C=O) groups is 1. The van der Waals surface area contributed by atoms with Crippen LogP contribution in [0, 0.1) is 0 Å². The average Bonchev–Trinajstić information content (AvgIpc) is 2.04. The van der Waals surface area contributed by atoms with Crippen LogP contribution in [-0.2, 0) is 4.79 Å². The van der Waals surface area contributed by atoms with Crippen LogP contribution in [0.1, 0.15) is 19.8 Å². The molecule has 0 aliphatic rings. The molecule has 0 bridgehead atoms. The highest BCUT2D eigenvalue weighted by atomic mass is 35.5. The van der Waals surface area contributed by atoms with E-state index >= 15 is 0 Å². The Kier molecular flexibility index (Phi) is 3.64. The van der Waals surface area contributed by atoms with Crippen LogP contribution in [0.3, 0.4) is 0 Å². The van der Waals surface area contributed by atoms with Gasteiger partial charge in [0, 0.05) is 12.6 Å². The largest absolute Gasteiger partial charge is 0.294 e. The maximum atomic E-state index is 11.1. The molecule has 1 N–H and O–H groups in total. The molecule has 5 heteroatoms. The molecule has 4 nitrogen and oxygen atoms in total. The Hall–Kier alpha value is -1.16. The second-order valence-corrected chi connectivity index (χ2v) is 2.89. The van der Waals surface area contributed by atoms with Gasteiger partial charge in [-0.25, -0.2) is 9.97 Å². The molecule has 0 aliphatic heterocycles. The summed E-state index contributed by atoms with van der Waals surface area (Å²) < 4.78 is 0. The van der Waals surface area contributed by atoms with Crippen LogP contribution in [0.2, 0.25) is 5.15 Å². The topological polar surface area (TPSA) is 54.9 Å². The van der Waals surface area contributed by atoms with Crippen LogP contribution in [0.5, 0.6) is 0 Å². The quantitative estimate of drug-likeness (QED) is 0.757. The lowest BCUT2D eigenvalue weighted by molar-refractivity contribution is -0.116. The van der Waals surface area contributed by atoms with E-state index in [2.05, 4.69) is 15.3 Å². The Labute approximate surface area is 81.3 Å². The summed E-state index contributed by atoms with van der Waals surface area (Å²) in [5.74, 6) is 0.163. The van der Waals surface area contributed by atoms with Crippen molar-refractivity contribution in [2.24, 2.45) is 0 Å². The number of rotatable bonds is 3. The van der Waals surface area contributed by atoms with Gasteiger partial charge in [-0.1, -0.05) is 18.5 Å². The fourth-order valence-corrected chi connectivity index (χ4v) is 0.948. The third-order valence-electron chi connectivity index (χ3n) is 1.35. The molecule has 0 spiro atoms.